The van der Waals surface area contributed by atoms with Crippen LogP contribution in [-0.2, 0) is 6.54 Å². The zero-order chi connectivity index (χ0) is 17.1. The summed E-state index contributed by atoms with van der Waals surface area (Å²) in [4.78, 5) is 14.5. The Hall–Kier alpha value is -1.78. The molecule has 1 aliphatic rings. The van der Waals surface area contributed by atoms with Gasteiger partial charge in [0.15, 0.2) is 0 Å². The Kier molecular flexibility index (Phi) is 5.27. The first-order valence-corrected chi connectivity index (χ1v) is 8.57. The van der Waals surface area contributed by atoms with Gasteiger partial charge in [-0.05, 0) is 42.7 Å². The van der Waals surface area contributed by atoms with Crippen molar-refractivity contribution in [2.24, 2.45) is 0 Å². The molecule has 0 bridgehead atoms. The highest BCUT2D eigenvalue weighted by molar-refractivity contribution is 6.36. The lowest BCUT2D eigenvalue weighted by Crippen LogP contribution is -2.23. The summed E-state index contributed by atoms with van der Waals surface area (Å²) in [5.41, 5.74) is 2.24. The van der Waals surface area contributed by atoms with Crippen LogP contribution >= 0.6 is 23.2 Å². The van der Waals surface area contributed by atoms with Crippen molar-refractivity contribution in [3.05, 3.63) is 63.4 Å². The normalized spacial score (nSPS) is 14.0. The van der Waals surface area contributed by atoms with Gasteiger partial charge in [-0.25, -0.2) is 4.39 Å². The summed E-state index contributed by atoms with van der Waals surface area (Å²) in [5, 5.41) is 2.77. The molecule has 1 N–H and O–H groups in total. The Bertz CT molecular complexity index is 743. The van der Waals surface area contributed by atoms with Gasteiger partial charge in [-0.3, -0.25) is 4.79 Å². The minimum absolute atomic E-state index is 0.0762. The third-order valence-corrected chi connectivity index (χ3v) is 4.72. The monoisotopic (exact) mass is 366 g/mol. The van der Waals surface area contributed by atoms with Crippen LogP contribution in [0, 0.1) is 5.82 Å². The smallest absolute Gasteiger partial charge is 0.253 e. The van der Waals surface area contributed by atoms with Crippen LogP contribution in [0.25, 0.3) is 0 Å². The SMILES string of the molecule is O=C(NCc1ccc(N2CCCC2)cc1)c1cc(F)c(Cl)cc1Cl. The average molecular weight is 367 g/mol. The molecule has 0 spiro atoms. The van der Waals surface area contributed by atoms with Gasteiger partial charge in [-0.2, -0.15) is 0 Å². The molecule has 0 radical (unpaired) electrons. The van der Waals surface area contributed by atoms with Gasteiger partial charge in [0.1, 0.15) is 5.82 Å². The molecule has 1 fully saturated rings. The molecule has 24 heavy (non-hydrogen) atoms. The van der Waals surface area contributed by atoms with Crippen LogP contribution in [0.1, 0.15) is 28.8 Å². The van der Waals surface area contributed by atoms with Crippen LogP contribution in [-0.4, -0.2) is 19.0 Å². The molecule has 1 aliphatic heterocycles. The van der Waals surface area contributed by atoms with E-state index in [-0.39, 0.29) is 15.6 Å². The van der Waals surface area contributed by atoms with Gasteiger partial charge < -0.3 is 10.2 Å². The summed E-state index contributed by atoms with van der Waals surface area (Å²) >= 11 is 11.6. The molecule has 6 heteroatoms. The fourth-order valence-corrected chi connectivity index (χ4v) is 3.24. The number of carbonyl (C=O) groups excluding carboxylic acids is 1. The molecule has 1 saturated heterocycles. The van der Waals surface area contributed by atoms with Gasteiger partial charge in [-0.1, -0.05) is 35.3 Å². The summed E-state index contributed by atoms with van der Waals surface area (Å²) in [5.74, 6) is -1.10. The highest BCUT2D eigenvalue weighted by atomic mass is 35.5. The molecule has 3 nitrogen and oxygen atoms in total. The maximum absolute atomic E-state index is 13.5. The lowest BCUT2D eigenvalue weighted by Gasteiger charge is -2.17. The summed E-state index contributed by atoms with van der Waals surface area (Å²) < 4.78 is 13.5. The molecule has 0 unspecified atom stereocenters. The Labute approximate surface area is 150 Å². The number of nitrogens with one attached hydrogen (secondary N) is 1. The van der Waals surface area contributed by atoms with Crippen molar-refractivity contribution in [3.8, 4) is 0 Å². The summed E-state index contributed by atoms with van der Waals surface area (Å²) in [6.07, 6.45) is 2.46. The summed E-state index contributed by atoms with van der Waals surface area (Å²) in [7, 11) is 0. The standard InChI is InChI=1S/C18H17Cl2FN2O/c19-15-10-16(20)17(21)9-14(15)18(24)22-11-12-3-5-13(6-4-12)23-7-1-2-8-23/h3-6,9-10H,1-2,7-8,11H2,(H,22,24). The van der Waals surface area contributed by atoms with Crippen LogP contribution in [0.4, 0.5) is 10.1 Å². The molecule has 0 aliphatic carbocycles. The van der Waals surface area contributed by atoms with Crippen molar-refractivity contribution in [1.82, 2.24) is 5.32 Å². The Morgan fingerprint density at radius 3 is 2.42 bits per heavy atom. The maximum atomic E-state index is 13.5. The Morgan fingerprint density at radius 1 is 1.08 bits per heavy atom. The van der Waals surface area contributed by atoms with E-state index < -0.39 is 11.7 Å². The number of hydrogen-bond donors (Lipinski definition) is 1. The van der Waals surface area contributed by atoms with Crippen LogP contribution < -0.4 is 10.2 Å². The molecule has 0 atom stereocenters. The minimum Gasteiger partial charge on any atom is -0.372 e. The zero-order valence-corrected chi connectivity index (χ0v) is 14.5. The van der Waals surface area contributed by atoms with Crippen LogP contribution in [0.15, 0.2) is 36.4 Å². The molecule has 2 aromatic rings. The number of nitrogens with zero attached hydrogens (tertiary/aromatic N) is 1. The quantitative estimate of drug-likeness (QED) is 0.797. The second-order valence-corrected chi connectivity index (χ2v) is 6.60. The third-order valence-electron chi connectivity index (χ3n) is 4.12. The van der Waals surface area contributed by atoms with Gasteiger partial charge in [0.25, 0.3) is 5.91 Å². The van der Waals surface area contributed by atoms with E-state index in [0.29, 0.717) is 6.54 Å². The second kappa shape index (κ2) is 7.41. The second-order valence-electron chi connectivity index (χ2n) is 5.79. The maximum Gasteiger partial charge on any atom is 0.253 e. The van der Waals surface area contributed by atoms with Gasteiger partial charge in [0.05, 0.1) is 15.6 Å². The lowest BCUT2D eigenvalue weighted by atomic mass is 10.1. The van der Waals surface area contributed by atoms with E-state index in [1.54, 1.807) is 0 Å². The van der Waals surface area contributed by atoms with Crippen molar-refractivity contribution < 1.29 is 9.18 Å². The van der Waals surface area contributed by atoms with Crippen molar-refractivity contribution in [2.75, 3.05) is 18.0 Å². The average Bonchev–Trinajstić information content (AvgIpc) is 3.11. The van der Waals surface area contributed by atoms with E-state index >= 15 is 0 Å². The number of hydrogen-bond acceptors (Lipinski definition) is 2. The number of carbonyl (C=O) groups is 1. The van der Waals surface area contributed by atoms with Crippen LogP contribution in [0.2, 0.25) is 10.0 Å². The first-order chi connectivity index (χ1) is 11.5. The fraction of sp³-hybridized carbons (Fsp3) is 0.278. The number of rotatable bonds is 4. The predicted molar refractivity (Wildman–Crippen MR) is 95.5 cm³/mol. The number of anilines is 1. The fourth-order valence-electron chi connectivity index (χ4n) is 2.77. The highest BCUT2D eigenvalue weighted by Crippen LogP contribution is 2.24. The largest absolute Gasteiger partial charge is 0.372 e. The summed E-state index contributed by atoms with van der Waals surface area (Å²) in [6.45, 7) is 2.53. The van der Waals surface area contributed by atoms with Gasteiger partial charge in [-0.15, -0.1) is 0 Å². The zero-order valence-electron chi connectivity index (χ0n) is 13.0. The van der Waals surface area contributed by atoms with E-state index in [1.165, 1.54) is 24.6 Å². The third kappa shape index (κ3) is 3.82. The van der Waals surface area contributed by atoms with Gasteiger partial charge in [0.2, 0.25) is 0 Å². The molecule has 1 amide bonds. The molecule has 1 heterocycles. The number of halogens is 3. The van der Waals surface area contributed by atoms with E-state index in [0.717, 1.165) is 24.7 Å². The predicted octanol–water partition coefficient (Wildman–Crippen LogP) is 4.66. The lowest BCUT2D eigenvalue weighted by molar-refractivity contribution is 0.0950. The number of benzene rings is 2. The van der Waals surface area contributed by atoms with Crippen molar-refractivity contribution in [1.29, 1.82) is 0 Å². The first kappa shape index (κ1) is 17.1. The van der Waals surface area contributed by atoms with Gasteiger partial charge >= 0.3 is 0 Å². The molecule has 2 aromatic carbocycles. The minimum atomic E-state index is -0.666. The molecular formula is C18H17Cl2FN2O. The molecule has 0 saturated carbocycles. The molecule has 126 valence electrons. The number of amides is 1. The van der Waals surface area contributed by atoms with E-state index in [1.807, 2.05) is 12.1 Å². The van der Waals surface area contributed by atoms with Gasteiger partial charge in [0, 0.05) is 25.3 Å². The molecule has 3 rings (SSSR count). The Balaban J connectivity index is 1.63. The van der Waals surface area contributed by atoms with E-state index in [4.69, 9.17) is 23.2 Å². The molecular weight excluding hydrogens is 350 g/mol. The Morgan fingerprint density at radius 2 is 1.75 bits per heavy atom. The van der Waals surface area contributed by atoms with Crippen LogP contribution in [0.5, 0.6) is 0 Å². The van der Waals surface area contributed by atoms with Crippen molar-refractivity contribution in [3.63, 3.8) is 0 Å². The van der Waals surface area contributed by atoms with Crippen molar-refractivity contribution in [2.45, 2.75) is 19.4 Å². The van der Waals surface area contributed by atoms with E-state index in [2.05, 4.69) is 22.3 Å². The molecule has 0 aromatic heterocycles. The van der Waals surface area contributed by atoms with Crippen LogP contribution in [0.3, 0.4) is 0 Å². The van der Waals surface area contributed by atoms with Crippen molar-refractivity contribution >= 4 is 34.8 Å². The summed E-state index contributed by atoms with van der Waals surface area (Å²) in [6, 6.07) is 10.4. The highest BCUT2D eigenvalue weighted by Gasteiger charge is 2.15. The topological polar surface area (TPSA) is 32.3 Å². The van der Waals surface area contributed by atoms with E-state index in [9.17, 15) is 9.18 Å². The first-order valence-electron chi connectivity index (χ1n) is 7.81.